The Labute approximate surface area is 150 Å². The topological polar surface area (TPSA) is 37.3 Å². The molecule has 0 heterocycles. The van der Waals surface area contributed by atoms with E-state index in [1.54, 1.807) is 6.08 Å². The lowest BCUT2D eigenvalue weighted by Crippen LogP contribution is -2.09. The third kappa shape index (κ3) is 17.3. The van der Waals surface area contributed by atoms with Gasteiger partial charge in [0.05, 0.1) is 0 Å². The molecule has 0 bridgehead atoms. The number of unbranched alkanes of at least 4 members (excludes halogenated alkanes) is 10. The average molecular weight is 337 g/mol. The zero-order valence-electron chi connectivity index (χ0n) is 16.4. The summed E-state index contributed by atoms with van der Waals surface area (Å²) in [7, 11) is 0. The lowest BCUT2D eigenvalue weighted by Gasteiger charge is -2.22. The summed E-state index contributed by atoms with van der Waals surface area (Å²) in [6, 6.07) is 0. The Morgan fingerprint density at radius 3 is 1.83 bits per heavy atom. The van der Waals surface area contributed by atoms with Crippen molar-refractivity contribution in [1.82, 2.24) is 0 Å². The van der Waals surface area contributed by atoms with Gasteiger partial charge >= 0.3 is 5.97 Å². The molecule has 0 aromatic heterocycles. The van der Waals surface area contributed by atoms with Gasteiger partial charge < -0.3 is 5.11 Å². The molecule has 0 atom stereocenters. The number of hydrogen-bond acceptors (Lipinski definition) is 1. The van der Waals surface area contributed by atoms with Crippen molar-refractivity contribution < 1.29 is 9.90 Å². The van der Waals surface area contributed by atoms with Gasteiger partial charge in [-0.15, -0.1) is 0 Å². The molecule has 0 saturated heterocycles. The van der Waals surface area contributed by atoms with E-state index >= 15 is 0 Å². The van der Waals surface area contributed by atoms with Crippen molar-refractivity contribution in [3.63, 3.8) is 0 Å². The molecule has 0 aromatic carbocycles. The summed E-state index contributed by atoms with van der Waals surface area (Å²) < 4.78 is 0. The highest BCUT2D eigenvalue weighted by Gasteiger charge is 2.14. The van der Waals surface area contributed by atoms with Crippen LogP contribution in [-0.4, -0.2) is 11.1 Å². The van der Waals surface area contributed by atoms with Crippen LogP contribution in [0.25, 0.3) is 0 Å². The Kier molecular flexibility index (Phi) is 14.8. The van der Waals surface area contributed by atoms with Gasteiger partial charge in [-0.25, -0.2) is 4.79 Å². The van der Waals surface area contributed by atoms with Crippen molar-refractivity contribution in [2.24, 2.45) is 5.41 Å². The number of carbonyl (C=O) groups is 1. The molecule has 0 saturated carbocycles. The zero-order valence-corrected chi connectivity index (χ0v) is 16.4. The number of allylic oxidation sites excluding steroid dienone is 3. The van der Waals surface area contributed by atoms with Crippen LogP contribution in [0.15, 0.2) is 24.3 Å². The Balaban J connectivity index is 3.49. The van der Waals surface area contributed by atoms with Gasteiger partial charge in [-0.3, -0.25) is 0 Å². The normalized spacial score (nSPS) is 12.5. The lowest BCUT2D eigenvalue weighted by atomic mass is 9.83. The van der Waals surface area contributed by atoms with Gasteiger partial charge in [-0.2, -0.15) is 0 Å². The molecule has 0 aliphatic carbocycles. The van der Waals surface area contributed by atoms with E-state index in [0.717, 1.165) is 6.42 Å². The first-order valence-electron chi connectivity index (χ1n) is 10.0. The Hall–Kier alpha value is -1.05. The molecule has 0 rings (SSSR count). The Morgan fingerprint density at radius 2 is 1.33 bits per heavy atom. The summed E-state index contributed by atoms with van der Waals surface area (Å²) in [5, 5.41) is 8.52. The Bertz CT molecular complexity index is 353. The van der Waals surface area contributed by atoms with Crippen LogP contribution in [0.5, 0.6) is 0 Å². The first kappa shape index (κ1) is 22.9. The molecular formula is C22H40O2. The molecule has 0 unspecified atom stereocenters. The first-order valence-corrected chi connectivity index (χ1v) is 10.0. The van der Waals surface area contributed by atoms with Crippen LogP contribution in [0.1, 0.15) is 104 Å². The monoisotopic (exact) mass is 336 g/mol. The summed E-state index contributed by atoms with van der Waals surface area (Å²) in [6.45, 7) is 6.87. The number of carboxylic acids is 1. The maximum absolute atomic E-state index is 10.4. The minimum Gasteiger partial charge on any atom is -0.478 e. The molecule has 1 N–H and O–H groups in total. The van der Waals surface area contributed by atoms with Gasteiger partial charge in [-0.1, -0.05) is 110 Å². The van der Waals surface area contributed by atoms with Gasteiger partial charge in [0.2, 0.25) is 0 Å². The zero-order chi connectivity index (χ0) is 18.1. The van der Waals surface area contributed by atoms with Crippen LogP contribution in [0.4, 0.5) is 0 Å². The second kappa shape index (κ2) is 15.5. The molecule has 24 heavy (non-hydrogen) atoms. The molecule has 0 aliphatic rings. The van der Waals surface area contributed by atoms with Crippen molar-refractivity contribution in [1.29, 1.82) is 0 Å². The van der Waals surface area contributed by atoms with Crippen LogP contribution in [-0.2, 0) is 4.79 Å². The fourth-order valence-electron chi connectivity index (χ4n) is 2.97. The molecule has 2 heteroatoms. The maximum atomic E-state index is 10.4. The van der Waals surface area contributed by atoms with Crippen molar-refractivity contribution in [2.75, 3.05) is 0 Å². The summed E-state index contributed by atoms with van der Waals surface area (Å²) in [5.41, 5.74) is 0.312. The van der Waals surface area contributed by atoms with Crippen LogP contribution in [0.2, 0.25) is 0 Å². The van der Waals surface area contributed by atoms with E-state index in [2.05, 4.69) is 26.8 Å². The minimum absolute atomic E-state index is 0.312. The molecule has 0 amide bonds. The van der Waals surface area contributed by atoms with Crippen LogP contribution >= 0.6 is 0 Å². The fraction of sp³-hybridized carbons (Fsp3) is 0.773. The highest BCUT2D eigenvalue weighted by molar-refractivity contribution is 5.80. The molecule has 0 aliphatic heterocycles. The number of hydrogen-bond donors (Lipinski definition) is 1. The van der Waals surface area contributed by atoms with E-state index < -0.39 is 5.97 Å². The van der Waals surface area contributed by atoms with Gasteiger partial charge in [0.25, 0.3) is 0 Å². The molecule has 140 valence electrons. The van der Waals surface area contributed by atoms with E-state index in [1.165, 1.54) is 83.1 Å². The third-order valence-electron chi connectivity index (χ3n) is 4.61. The first-order chi connectivity index (χ1) is 11.5. The van der Waals surface area contributed by atoms with Crippen LogP contribution in [0, 0.1) is 5.41 Å². The highest BCUT2D eigenvalue weighted by atomic mass is 16.4. The standard InChI is InChI=1S/C22H40O2/c1-4-5-6-7-8-9-10-11-12-13-16-19-22(2,3)20-17-14-15-18-21(23)24/h14-15,17-18H,4-13,16,19-20H2,1-3H3,(H,23,24). The maximum Gasteiger partial charge on any atom is 0.328 e. The van der Waals surface area contributed by atoms with Crippen LogP contribution < -0.4 is 0 Å². The van der Waals surface area contributed by atoms with Gasteiger partial charge in [0, 0.05) is 6.08 Å². The van der Waals surface area contributed by atoms with Crippen LogP contribution in [0.3, 0.4) is 0 Å². The fourth-order valence-corrected chi connectivity index (χ4v) is 2.97. The van der Waals surface area contributed by atoms with E-state index in [0.29, 0.717) is 5.41 Å². The van der Waals surface area contributed by atoms with E-state index in [1.807, 2.05) is 6.08 Å². The third-order valence-corrected chi connectivity index (χ3v) is 4.61. The molecule has 0 aromatic rings. The second-order valence-electron chi connectivity index (χ2n) is 7.78. The van der Waals surface area contributed by atoms with Crippen molar-refractivity contribution in [2.45, 2.75) is 104 Å². The Morgan fingerprint density at radius 1 is 0.833 bits per heavy atom. The summed E-state index contributed by atoms with van der Waals surface area (Å²) >= 11 is 0. The molecule has 0 radical (unpaired) electrons. The summed E-state index contributed by atoms with van der Waals surface area (Å²) in [5.74, 6) is -0.889. The predicted molar refractivity (Wildman–Crippen MR) is 105 cm³/mol. The SMILES string of the molecule is CCCCCCCCCCCCCC(C)(C)CC=CC=CC(=O)O. The molecule has 0 fully saturated rings. The van der Waals surface area contributed by atoms with E-state index in [-0.39, 0.29) is 0 Å². The van der Waals surface area contributed by atoms with Gasteiger partial charge in [0.15, 0.2) is 0 Å². The molecule has 0 spiro atoms. The van der Waals surface area contributed by atoms with E-state index in [9.17, 15) is 4.79 Å². The smallest absolute Gasteiger partial charge is 0.328 e. The van der Waals surface area contributed by atoms with Crippen molar-refractivity contribution in [3.05, 3.63) is 24.3 Å². The average Bonchev–Trinajstić information content (AvgIpc) is 2.52. The minimum atomic E-state index is -0.889. The van der Waals surface area contributed by atoms with Gasteiger partial charge in [-0.05, 0) is 18.3 Å². The predicted octanol–water partition coefficient (Wildman–Crippen LogP) is 7.30. The number of carboxylic acid groups (broad SMARTS) is 1. The summed E-state index contributed by atoms with van der Waals surface area (Å²) in [6.07, 6.45) is 24.2. The molecular weight excluding hydrogens is 296 g/mol. The second-order valence-corrected chi connectivity index (χ2v) is 7.78. The van der Waals surface area contributed by atoms with Crippen molar-refractivity contribution >= 4 is 5.97 Å². The van der Waals surface area contributed by atoms with E-state index in [4.69, 9.17) is 5.11 Å². The van der Waals surface area contributed by atoms with Crippen molar-refractivity contribution in [3.8, 4) is 0 Å². The largest absolute Gasteiger partial charge is 0.478 e. The van der Waals surface area contributed by atoms with Gasteiger partial charge in [0.1, 0.15) is 0 Å². The quantitative estimate of drug-likeness (QED) is 0.182. The number of rotatable bonds is 16. The highest BCUT2D eigenvalue weighted by Crippen LogP contribution is 2.28. The lowest BCUT2D eigenvalue weighted by molar-refractivity contribution is -0.131. The summed E-state index contributed by atoms with van der Waals surface area (Å²) in [4.78, 5) is 10.4. The molecule has 2 nitrogen and oxygen atoms in total. The number of aliphatic carboxylic acids is 1.